The summed E-state index contributed by atoms with van der Waals surface area (Å²) in [7, 11) is 0. The minimum absolute atomic E-state index is 0.00117. The van der Waals surface area contributed by atoms with Gasteiger partial charge < -0.3 is 10.4 Å². The van der Waals surface area contributed by atoms with E-state index < -0.39 is 11.5 Å². The van der Waals surface area contributed by atoms with Crippen molar-refractivity contribution in [1.29, 1.82) is 0 Å². The van der Waals surface area contributed by atoms with Crippen molar-refractivity contribution in [3.05, 3.63) is 0 Å². The highest BCUT2D eigenvalue weighted by molar-refractivity contribution is 4.93. The van der Waals surface area contributed by atoms with Gasteiger partial charge in [-0.2, -0.15) is 0 Å². The molecule has 2 fully saturated rings. The standard InChI is InChI=1S/C10H17F2NO/c11-10(12)2-1-8(6-10)5-9(14)3-4-13-7-9/h8,13-14H,1-7H2. The second-order valence-corrected chi connectivity index (χ2v) is 4.82. The lowest BCUT2D eigenvalue weighted by molar-refractivity contribution is -0.00513. The van der Waals surface area contributed by atoms with Gasteiger partial charge in [-0.3, -0.25) is 0 Å². The van der Waals surface area contributed by atoms with Gasteiger partial charge in [-0.1, -0.05) is 0 Å². The van der Waals surface area contributed by atoms with Crippen molar-refractivity contribution in [2.24, 2.45) is 5.92 Å². The normalized spacial score (nSPS) is 41.8. The molecule has 2 rings (SSSR count). The van der Waals surface area contributed by atoms with Gasteiger partial charge in [-0.05, 0) is 31.7 Å². The van der Waals surface area contributed by atoms with Gasteiger partial charge in [0.15, 0.2) is 0 Å². The molecule has 1 aliphatic heterocycles. The Bertz CT molecular complexity index is 214. The van der Waals surface area contributed by atoms with E-state index in [9.17, 15) is 13.9 Å². The maximum Gasteiger partial charge on any atom is 0.248 e. The van der Waals surface area contributed by atoms with Gasteiger partial charge in [-0.25, -0.2) is 8.78 Å². The monoisotopic (exact) mass is 205 g/mol. The van der Waals surface area contributed by atoms with E-state index in [-0.39, 0.29) is 18.8 Å². The number of rotatable bonds is 2. The predicted molar refractivity (Wildman–Crippen MR) is 49.3 cm³/mol. The second kappa shape index (κ2) is 3.42. The lowest BCUT2D eigenvalue weighted by Crippen LogP contribution is -2.33. The Labute approximate surface area is 82.7 Å². The summed E-state index contributed by atoms with van der Waals surface area (Å²) in [6.07, 6.45) is 1.77. The predicted octanol–water partition coefficient (Wildman–Crippen LogP) is 1.54. The van der Waals surface area contributed by atoms with Crippen molar-refractivity contribution in [3.63, 3.8) is 0 Å². The summed E-state index contributed by atoms with van der Waals surface area (Å²) < 4.78 is 25.8. The highest BCUT2D eigenvalue weighted by Gasteiger charge is 2.43. The smallest absolute Gasteiger partial charge is 0.248 e. The van der Waals surface area contributed by atoms with E-state index in [0.717, 1.165) is 6.54 Å². The van der Waals surface area contributed by atoms with Crippen LogP contribution in [0.5, 0.6) is 0 Å². The first-order valence-electron chi connectivity index (χ1n) is 5.30. The Morgan fingerprint density at radius 3 is 2.64 bits per heavy atom. The fraction of sp³-hybridized carbons (Fsp3) is 1.00. The molecule has 0 aromatic heterocycles. The van der Waals surface area contributed by atoms with Crippen molar-refractivity contribution < 1.29 is 13.9 Å². The number of hydrogen-bond acceptors (Lipinski definition) is 2. The van der Waals surface area contributed by atoms with Crippen molar-refractivity contribution >= 4 is 0 Å². The van der Waals surface area contributed by atoms with Gasteiger partial charge >= 0.3 is 0 Å². The first-order valence-corrected chi connectivity index (χ1v) is 5.30. The molecule has 2 atom stereocenters. The third-order valence-corrected chi connectivity index (χ3v) is 3.40. The Morgan fingerprint density at radius 1 is 1.36 bits per heavy atom. The summed E-state index contributed by atoms with van der Waals surface area (Å²) in [6.45, 7) is 1.37. The van der Waals surface area contributed by atoms with Crippen LogP contribution in [0.1, 0.15) is 32.1 Å². The van der Waals surface area contributed by atoms with Crippen LogP contribution in [0.4, 0.5) is 8.78 Å². The first kappa shape index (κ1) is 10.3. The van der Waals surface area contributed by atoms with Gasteiger partial charge in [0.1, 0.15) is 0 Å². The zero-order valence-corrected chi connectivity index (χ0v) is 8.23. The maximum absolute atomic E-state index is 12.9. The van der Waals surface area contributed by atoms with Crippen molar-refractivity contribution in [2.45, 2.75) is 43.6 Å². The van der Waals surface area contributed by atoms with Crippen molar-refractivity contribution in [2.75, 3.05) is 13.1 Å². The Morgan fingerprint density at radius 2 is 2.14 bits per heavy atom. The van der Waals surface area contributed by atoms with E-state index in [4.69, 9.17) is 0 Å². The lowest BCUT2D eigenvalue weighted by atomic mass is 9.89. The van der Waals surface area contributed by atoms with Crippen LogP contribution in [0, 0.1) is 5.92 Å². The van der Waals surface area contributed by atoms with Crippen LogP contribution in [0.15, 0.2) is 0 Å². The van der Waals surface area contributed by atoms with Crippen LogP contribution in [0.25, 0.3) is 0 Å². The molecule has 1 saturated carbocycles. The van der Waals surface area contributed by atoms with Crippen molar-refractivity contribution in [3.8, 4) is 0 Å². The summed E-state index contributed by atoms with van der Waals surface area (Å²) in [6, 6.07) is 0. The molecule has 2 N–H and O–H groups in total. The Kier molecular flexibility index (Phi) is 2.52. The molecule has 82 valence electrons. The van der Waals surface area contributed by atoms with Crippen LogP contribution >= 0.6 is 0 Å². The molecule has 1 saturated heterocycles. The molecule has 0 amide bonds. The average Bonchev–Trinajstić information content (AvgIpc) is 2.59. The number of halogens is 2. The second-order valence-electron chi connectivity index (χ2n) is 4.82. The quantitative estimate of drug-likeness (QED) is 0.716. The Hall–Kier alpha value is -0.220. The van der Waals surface area contributed by atoms with E-state index in [0.29, 0.717) is 25.8 Å². The largest absolute Gasteiger partial charge is 0.389 e. The van der Waals surface area contributed by atoms with Gasteiger partial charge in [0.05, 0.1) is 5.60 Å². The van der Waals surface area contributed by atoms with Crippen LogP contribution in [-0.4, -0.2) is 29.7 Å². The molecule has 0 bridgehead atoms. The lowest BCUT2D eigenvalue weighted by Gasteiger charge is -2.24. The number of nitrogens with one attached hydrogen (secondary N) is 1. The summed E-state index contributed by atoms with van der Waals surface area (Å²) in [5.41, 5.74) is -0.717. The summed E-state index contributed by atoms with van der Waals surface area (Å²) in [5, 5.41) is 13.1. The SMILES string of the molecule is OC1(CC2CCC(F)(F)C2)CCNC1. The summed E-state index contributed by atoms with van der Waals surface area (Å²) >= 11 is 0. The fourth-order valence-electron chi connectivity index (χ4n) is 2.66. The summed E-state index contributed by atoms with van der Waals surface area (Å²) in [5.74, 6) is -2.47. The maximum atomic E-state index is 12.9. The molecule has 4 heteroatoms. The molecule has 1 aliphatic carbocycles. The van der Waals surface area contributed by atoms with Gasteiger partial charge in [0.2, 0.25) is 5.92 Å². The summed E-state index contributed by atoms with van der Waals surface area (Å²) in [4.78, 5) is 0. The third-order valence-electron chi connectivity index (χ3n) is 3.40. The van der Waals surface area contributed by atoms with Crippen LogP contribution < -0.4 is 5.32 Å². The minimum Gasteiger partial charge on any atom is -0.389 e. The molecular weight excluding hydrogens is 188 g/mol. The molecular formula is C10H17F2NO. The number of aliphatic hydroxyl groups is 1. The highest BCUT2D eigenvalue weighted by atomic mass is 19.3. The van der Waals surface area contributed by atoms with Gasteiger partial charge in [0.25, 0.3) is 0 Å². The molecule has 2 aliphatic rings. The molecule has 2 unspecified atom stereocenters. The molecule has 14 heavy (non-hydrogen) atoms. The van der Waals surface area contributed by atoms with Crippen molar-refractivity contribution in [1.82, 2.24) is 5.32 Å². The Balaban J connectivity index is 1.86. The van der Waals surface area contributed by atoms with Gasteiger partial charge in [0, 0.05) is 19.4 Å². The molecule has 0 aromatic rings. The molecule has 0 aromatic carbocycles. The van der Waals surface area contributed by atoms with E-state index >= 15 is 0 Å². The van der Waals surface area contributed by atoms with Crippen LogP contribution in [0.2, 0.25) is 0 Å². The molecule has 1 heterocycles. The topological polar surface area (TPSA) is 32.3 Å². The average molecular weight is 205 g/mol. The number of hydrogen-bond donors (Lipinski definition) is 2. The van der Waals surface area contributed by atoms with E-state index in [2.05, 4.69) is 5.32 Å². The van der Waals surface area contributed by atoms with E-state index in [1.165, 1.54) is 0 Å². The third kappa shape index (κ3) is 2.23. The minimum atomic E-state index is -2.48. The fourth-order valence-corrected chi connectivity index (χ4v) is 2.66. The zero-order valence-electron chi connectivity index (χ0n) is 8.23. The molecule has 0 spiro atoms. The van der Waals surface area contributed by atoms with Crippen LogP contribution in [-0.2, 0) is 0 Å². The highest BCUT2D eigenvalue weighted by Crippen LogP contribution is 2.42. The molecule has 2 nitrogen and oxygen atoms in total. The number of alkyl halides is 2. The van der Waals surface area contributed by atoms with E-state index in [1.807, 2.05) is 0 Å². The van der Waals surface area contributed by atoms with Crippen LogP contribution in [0.3, 0.4) is 0 Å². The van der Waals surface area contributed by atoms with Gasteiger partial charge in [-0.15, -0.1) is 0 Å². The molecule has 0 radical (unpaired) electrons. The van der Waals surface area contributed by atoms with E-state index in [1.54, 1.807) is 0 Å². The zero-order chi connectivity index (χ0) is 10.2. The number of β-amino-alcohol motifs (C(OH)–C–C–N with tert-alkyl or cyclic N) is 1. The first-order chi connectivity index (χ1) is 6.49.